The zero-order valence-corrected chi connectivity index (χ0v) is 14.9. The van der Waals surface area contributed by atoms with E-state index in [-0.39, 0.29) is 0 Å². The quantitative estimate of drug-likeness (QED) is 0.354. The zero-order chi connectivity index (χ0) is 15.6. The van der Waals surface area contributed by atoms with E-state index in [1.165, 1.54) is 70.6 Å². The molecule has 0 aromatic carbocycles. The normalized spacial score (nSPS) is 32.8. The molecule has 1 heteroatoms. The smallest absolute Gasteiger partial charge is 0.0494 e. The van der Waals surface area contributed by atoms with Gasteiger partial charge in [0, 0.05) is 13.2 Å². The van der Waals surface area contributed by atoms with Crippen LogP contribution in [0.15, 0.2) is 12.7 Å². The fourth-order valence-electron chi connectivity index (χ4n) is 4.72. The molecule has 0 atom stereocenters. The van der Waals surface area contributed by atoms with Crippen molar-refractivity contribution >= 4 is 0 Å². The lowest BCUT2D eigenvalue weighted by atomic mass is 9.69. The summed E-state index contributed by atoms with van der Waals surface area (Å²) in [6, 6.07) is 0. The van der Waals surface area contributed by atoms with Crippen LogP contribution in [0.1, 0.15) is 84.0 Å². The number of ether oxygens (including phenoxy) is 1. The molecule has 0 aromatic rings. The summed E-state index contributed by atoms with van der Waals surface area (Å²) in [6.45, 7) is 8.01. The van der Waals surface area contributed by atoms with Gasteiger partial charge in [0.1, 0.15) is 0 Å². The van der Waals surface area contributed by atoms with E-state index in [4.69, 9.17) is 4.74 Å². The van der Waals surface area contributed by atoms with Gasteiger partial charge in [0.05, 0.1) is 0 Å². The van der Waals surface area contributed by atoms with Crippen LogP contribution in [0.25, 0.3) is 0 Å². The molecule has 2 fully saturated rings. The predicted molar refractivity (Wildman–Crippen MR) is 96.1 cm³/mol. The van der Waals surface area contributed by atoms with E-state index in [2.05, 4.69) is 19.6 Å². The van der Waals surface area contributed by atoms with Crippen LogP contribution in [0.3, 0.4) is 0 Å². The van der Waals surface area contributed by atoms with Crippen LogP contribution in [0.5, 0.6) is 0 Å². The first kappa shape index (κ1) is 18.0. The number of hydrogen-bond acceptors (Lipinski definition) is 1. The van der Waals surface area contributed by atoms with Gasteiger partial charge in [0.15, 0.2) is 0 Å². The molecular formula is C21H38O. The minimum atomic E-state index is 0.859. The Labute approximate surface area is 138 Å². The average molecular weight is 307 g/mol. The Morgan fingerprint density at radius 3 is 2.05 bits per heavy atom. The van der Waals surface area contributed by atoms with Crippen LogP contribution in [0, 0.1) is 23.7 Å². The summed E-state index contributed by atoms with van der Waals surface area (Å²) in [7, 11) is 0. The molecule has 2 aliphatic rings. The number of allylic oxidation sites excluding steroid dienone is 1. The van der Waals surface area contributed by atoms with Crippen LogP contribution in [0.4, 0.5) is 0 Å². The Hall–Kier alpha value is -0.300. The Bertz CT molecular complexity index is 282. The SMILES string of the molecule is C=CCCCC1CCC(C2CCC(COCCC)CC2)CC1. The summed E-state index contributed by atoms with van der Waals surface area (Å²) < 4.78 is 5.76. The van der Waals surface area contributed by atoms with E-state index in [9.17, 15) is 0 Å². The molecule has 0 radical (unpaired) electrons. The highest BCUT2D eigenvalue weighted by Crippen LogP contribution is 2.42. The van der Waals surface area contributed by atoms with Crippen LogP contribution in [-0.2, 0) is 4.74 Å². The number of hydrogen-bond donors (Lipinski definition) is 0. The lowest BCUT2D eigenvalue weighted by Gasteiger charge is -2.38. The molecule has 0 spiro atoms. The fourth-order valence-corrected chi connectivity index (χ4v) is 4.72. The van der Waals surface area contributed by atoms with E-state index in [1.807, 2.05) is 0 Å². The van der Waals surface area contributed by atoms with E-state index >= 15 is 0 Å². The molecule has 2 saturated carbocycles. The van der Waals surface area contributed by atoms with Crippen molar-refractivity contribution in [2.75, 3.05) is 13.2 Å². The Kier molecular flexibility index (Phi) is 8.59. The van der Waals surface area contributed by atoms with E-state index in [1.54, 1.807) is 0 Å². The standard InChI is InChI=1S/C21H38O/c1-3-5-6-7-18-8-12-20(13-9-18)21-14-10-19(11-15-21)17-22-16-4-2/h3,18-21H,1,4-17H2,2H3. The maximum Gasteiger partial charge on any atom is 0.0494 e. The Balaban J connectivity index is 1.59. The lowest BCUT2D eigenvalue weighted by Crippen LogP contribution is -2.27. The summed E-state index contributed by atoms with van der Waals surface area (Å²) in [5.41, 5.74) is 0. The zero-order valence-electron chi connectivity index (χ0n) is 14.9. The third kappa shape index (κ3) is 6.07. The molecular weight excluding hydrogens is 268 g/mol. The molecule has 0 N–H and O–H groups in total. The van der Waals surface area contributed by atoms with Gasteiger partial charge < -0.3 is 4.74 Å². The monoisotopic (exact) mass is 306 g/mol. The van der Waals surface area contributed by atoms with Crippen molar-refractivity contribution in [2.24, 2.45) is 23.7 Å². The third-order valence-corrected chi connectivity index (χ3v) is 6.17. The highest BCUT2D eigenvalue weighted by molar-refractivity contribution is 4.82. The van der Waals surface area contributed by atoms with E-state index in [0.717, 1.165) is 43.3 Å². The van der Waals surface area contributed by atoms with Crippen molar-refractivity contribution in [1.29, 1.82) is 0 Å². The molecule has 2 rings (SSSR count). The number of rotatable bonds is 9. The minimum Gasteiger partial charge on any atom is -0.381 e. The Morgan fingerprint density at radius 1 is 0.909 bits per heavy atom. The second kappa shape index (κ2) is 10.5. The van der Waals surface area contributed by atoms with Crippen molar-refractivity contribution in [2.45, 2.75) is 84.0 Å². The highest BCUT2D eigenvalue weighted by atomic mass is 16.5. The second-order valence-corrected chi connectivity index (χ2v) is 7.86. The molecule has 2 aliphatic carbocycles. The first-order valence-electron chi connectivity index (χ1n) is 10.0. The van der Waals surface area contributed by atoms with Crippen molar-refractivity contribution < 1.29 is 4.74 Å². The maximum absolute atomic E-state index is 5.76. The van der Waals surface area contributed by atoms with E-state index < -0.39 is 0 Å². The molecule has 0 bridgehead atoms. The molecule has 22 heavy (non-hydrogen) atoms. The predicted octanol–water partition coefficient (Wildman–Crippen LogP) is 6.38. The fraction of sp³-hybridized carbons (Fsp3) is 0.905. The van der Waals surface area contributed by atoms with Gasteiger partial charge >= 0.3 is 0 Å². The summed E-state index contributed by atoms with van der Waals surface area (Å²) >= 11 is 0. The molecule has 128 valence electrons. The van der Waals surface area contributed by atoms with Crippen LogP contribution in [-0.4, -0.2) is 13.2 Å². The Morgan fingerprint density at radius 2 is 1.50 bits per heavy atom. The molecule has 0 saturated heterocycles. The van der Waals surface area contributed by atoms with Gasteiger partial charge in [-0.25, -0.2) is 0 Å². The van der Waals surface area contributed by atoms with Crippen LogP contribution < -0.4 is 0 Å². The molecule has 0 aromatic heterocycles. The van der Waals surface area contributed by atoms with Gasteiger partial charge in [-0.15, -0.1) is 6.58 Å². The van der Waals surface area contributed by atoms with Gasteiger partial charge in [0.25, 0.3) is 0 Å². The molecule has 0 heterocycles. The summed E-state index contributed by atoms with van der Waals surface area (Å²) in [5, 5.41) is 0. The van der Waals surface area contributed by atoms with Crippen molar-refractivity contribution in [3.8, 4) is 0 Å². The molecule has 0 unspecified atom stereocenters. The van der Waals surface area contributed by atoms with Gasteiger partial charge in [-0.05, 0) is 81.5 Å². The van der Waals surface area contributed by atoms with Crippen LogP contribution >= 0.6 is 0 Å². The topological polar surface area (TPSA) is 9.23 Å². The molecule has 0 aliphatic heterocycles. The van der Waals surface area contributed by atoms with Gasteiger partial charge in [-0.3, -0.25) is 0 Å². The number of unbranched alkanes of at least 4 members (excludes halogenated alkanes) is 1. The third-order valence-electron chi connectivity index (χ3n) is 6.17. The maximum atomic E-state index is 5.76. The van der Waals surface area contributed by atoms with Crippen molar-refractivity contribution in [1.82, 2.24) is 0 Å². The van der Waals surface area contributed by atoms with E-state index in [0.29, 0.717) is 0 Å². The van der Waals surface area contributed by atoms with Gasteiger partial charge in [-0.2, -0.15) is 0 Å². The molecule has 1 nitrogen and oxygen atoms in total. The van der Waals surface area contributed by atoms with Gasteiger partial charge in [0.2, 0.25) is 0 Å². The first-order valence-corrected chi connectivity index (χ1v) is 10.0. The first-order chi connectivity index (χ1) is 10.8. The summed E-state index contributed by atoms with van der Waals surface area (Å²) in [6.07, 6.45) is 19.1. The summed E-state index contributed by atoms with van der Waals surface area (Å²) in [5.74, 6) is 3.97. The largest absolute Gasteiger partial charge is 0.381 e. The van der Waals surface area contributed by atoms with Crippen LogP contribution in [0.2, 0.25) is 0 Å². The van der Waals surface area contributed by atoms with Crippen molar-refractivity contribution in [3.05, 3.63) is 12.7 Å². The van der Waals surface area contributed by atoms with Gasteiger partial charge in [-0.1, -0.05) is 32.3 Å². The minimum absolute atomic E-state index is 0.859. The average Bonchev–Trinajstić information content (AvgIpc) is 2.57. The second-order valence-electron chi connectivity index (χ2n) is 7.86. The molecule has 0 amide bonds. The highest BCUT2D eigenvalue weighted by Gasteiger charge is 2.30. The lowest BCUT2D eigenvalue weighted by molar-refractivity contribution is 0.0648. The van der Waals surface area contributed by atoms with Crippen molar-refractivity contribution in [3.63, 3.8) is 0 Å². The summed E-state index contributed by atoms with van der Waals surface area (Å²) in [4.78, 5) is 0.